The zero-order chi connectivity index (χ0) is 20.5. The van der Waals surface area contributed by atoms with Crippen LogP contribution in [0.1, 0.15) is 24.0 Å². The summed E-state index contributed by atoms with van der Waals surface area (Å²) in [5.41, 5.74) is 8.94. The van der Waals surface area contributed by atoms with E-state index >= 15 is 0 Å². The SMILES string of the molecule is Cc1ccc(-c2cc(N3CC4=CC=CC=C=C4C3=O)ccc2C(C)C(=O)O)cc1. The highest BCUT2D eigenvalue weighted by Crippen LogP contribution is 2.36. The van der Waals surface area contributed by atoms with Gasteiger partial charge in [0.15, 0.2) is 0 Å². The van der Waals surface area contributed by atoms with Crippen LogP contribution in [-0.2, 0) is 9.59 Å². The number of carboxylic acids is 1. The maximum absolute atomic E-state index is 13.0. The van der Waals surface area contributed by atoms with Gasteiger partial charge in [-0.25, -0.2) is 0 Å². The number of aryl methyl sites for hydroxylation is 1. The lowest BCUT2D eigenvalue weighted by Crippen LogP contribution is -2.24. The normalized spacial score (nSPS) is 16.2. The highest BCUT2D eigenvalue weighted by Gasteiger charge is 2.32. The van der Waals surface area contributed by atoms with E-state index in [0.717, 1.165) is 33.5 Å². The van der Waals surface area contributed by atoms with Crippen molar-refractivity contribution in [1.29, 1.82) is 0 Å². The number of carboxylic acid groups (broad SMARTS) is 1. The predicted octanol–water partition coefficient (Wildman–Crippen LogP) is 4.77. The van der Waals surface area contributed by atoms with Crippen LogP contribution in [0.15, 0.2) is 83.6 Å². The van der Waals surface area contributed by atoms with Crippen molar-refractivity contribution in [3.8, 4) is 11.1 Å². The predicted molar refractivity (Wildman–Crippen MR) is 114 cm³/mol. The number of allylic oxidation sites excluding steroid dienone is 3. The maximum atomic E-state index is 13.0. The summed E-state index contributed by atoms with van der Waals surface area (Å²) < 4.78 is 0. The molecule has 1 aliphatic heterocycles. The minimum absolute atomic E-state index is 0.0925. The number of aliphatic carboxylic acids is 1. The first-order valence-corrected chi connectivity index (χ1v) is 9.54. The Bertz CT molecular complexity index is 1130. The minimum atomic E-state index is -0.877. The molecular weight excluding hydrogens is 362 g/mol. The molecule has 1 aliphatic carbocycles. The van der Waals surface area contributed by atoms with Gasteiger partial charge >= 0.3 is 5.97 Å². The maximum Gasteiger partial charge on any atom is 0.310 e. The third kappa shape index (κ3) is 3.46. The molecule has 1 fully saturated rings. The van der Waals surface area contributed by atoms with Gasteiger partial charge in [0.1, 0.15) is 0 Å². The molecule has 2 aromatic carbocycles. The van der Waals surface area contributed by atoms with Crippen molar-refractivity contribution in [3.05, 3.63) is 94.8 Å². The molecule has 1 heterocycles. The van der Waals surface area contributed by atoms with Crippen molar-refractivity contribution >= 4 is 17.6 Å². The first-order chi connectivity index (χ1) is 14.0. The second kappa shape index (κ2) is 7.42. The fourth-order valence-electron chi connectivity index (χ4n) is 3.66. The van der Waals surface area contributed by atoms with Crippen LogP contribution in [0, 0.1) is 6.92 Å². The van der Waals surface area contributed by atoms with E-state index in [2.05, 4.69) is 5.73 Å². The molecule has 4 heteroatoms. The summed E-state index contributed by atoms with van der Waals surface area (Å²) in [5.74, 6) is -1.62. The number of carbonyl (C=O) groups is 2. The van der Waals surface area contributed by atoms with Crippen molar-refractivity contribution in [3.63, 3.8) is 0 Å². The molecule has 4 nitrogen and oxygen atoms in total. The summed E-state index contributed by atoms with van der Waals surface area (Å²) >= 11 is 0. The number of hydrogen-bond acceptors (Lipinski definition) is 2. The second-order valence-electron chi connectivity index (χ2n) is 7.35. The van der Waals surface area contributed by atoms with Crippen molar-refractivity contribution in [2.75, 3.05) is 11.4 Å². The van der Waals surface area contributed by atoms with E-state index in [1.807, 2.05) is 67.6 Å². The molecule has 1 N–H and O–H groups in total. The average Bonchev–Trinajstić information content (AvgIpc) is 2.89. The Morgan fingerprint density at radius 2 is 1.90 bits per heavy atom. The van der Waals surface area contributed by atoms with Crippen LogP contribution >= 0.6 is 0 Å². The van der Waals surface area contributed by atoms with Crippen molar-refractivity contribution in [2.24, 2.45) is 0 Å². The lowest BCUT2D eigenvalue weighted by atomic mass is 9.90. The number of anilines is 1. The zero-order valence-corrected chi connectivity index (χ0v) is 16.3. The van der Waals surface area contributed by atoms with Crippen LogP contribution in [0.2, 0.25) is 0 Å². The summed E-state index contributed by atoms with van der Waals surface area (Å²) in [6.45, 7) is 4.17. The Hall–Kier alpha value is -3.62. The van der Waals surface area contributed by atoms with E-state index in [1.165, 1.54) is 0 Å². The molecule has 1 amide bonds. The highest BCUT2D eigenvalue weighted by atomic mass is 16.4. The van der Waals surface area contributed by atoms with Crippen LogP contribution in [0.5, 0.6) is 0 Å². The summed E-state index contributed by atoms with van der Waals surface area (Å²) in [4.78, 5) is 26.3. The van der Waals surface area contributed by atoms with Gasteiger partial charge < -0.3 is 10.0 Å². The molecule has 2 aromatic rings. The van der Waals surface area contributed by atoms with Gasteiger partial charge in [0.25, 0.3) is 5.91 Å². The first-order valence-electron chi connectivity index (χ1n) is 9.54. The molecule has 144 valence electrons. The number of rotatable bonds is 4. The van der Waals surface area contributed by atoms with Gasteiger partial charge in [-0.05, 0) is 54.3 Å². The fraction of sp³-hybridized carbons (Fsp3) is 0.160. The lowest BCUT2D eigenvalue weighted by Gasteiger charge is -2.20. The second-order valence-corrected chi connectivity index (χ2v) is 7.35. The van der Waals surface area contributed by atoms with Gasteiger partial charge in [0, 0.05) is 5.69 Å². The number of hydrogen-bond donors (Lipinski definition) is 1. The third-order valence-corrected chi connectivity index (χ3v) is 5.39. The van der Waals surface area contributed by atoms with Crippen LogP contribution in [0.25, 0.3) is 11.1 Å². The molecular formula is C25H21NO3. The molecule has 29 heavy (non-hydrogen) atoms. The monoisotopic (exact) mass is 383 g/mol. The van der Waals surface area contributed by atoms with E-state index < -0.39 is 11.9 Å². The minimum Gasteiger partial charge on any atom is -0.481 e. The Morgan fingerprint density at radius 1 is 1.14 bits per heavy atom. The van der Waals surface area contributed by atoms with Crippen LogP contribution in [0.4, 0.5) is 5.69 Å². The van der Waals surface area contributed by atoms with E-state index in [9.17, 15) is 14.7 Å². The molecule has 1 saturated heterocycles. The Balaban J connectivity index is 1.81. The summed E-state index contributed by atoms with van der Waals surface area (Å²) in [6, 6.07) is 13.6. The topological polar surface area (TPSA) is 57.6 Å². The number of carbonyl (C=O) groups excluding carboxylic acids is 1. The van der Waals surface area contributed by atoms with Gasteiger partial charge in [0.05, 0.1) is 18.0 Å². The van der Waals surface area contributed by atoms with E-state index in [1.54, 1.807) is 17.9 Å². The van der Waals surface area contributed by atoms with Gasteiger partial charge in [-0.2, -0.15) is 0 Å². The van der Waals surface area contributed by atoms with E-state index in [-0.39, 0.29) is 5.91 Å². The Labute approximate surface area is 169 Å². The highest BCUT2D eigenvalue weighted by molar-refractivity contribution is 6.13. The largest absolute Gasteiger partial charge is 0.481 e. The molecule has 0 bridgehead atoms. The quantitative estimate of drug-likeness (QED) is 0.774. The average molecular weight is 383 g/mol. The fourth-order valence-corrected chi connectivity index (χ4v) is 3.66. The van der Waals surface area contributed by atoms with Gasteiger partial charge in [0.2, 0.25) is 0 Å². The van der Waals surface area contributed by atoms with Crippen molar-refractivity contribution < 1.29 is 14.7 Å². The van der Waals surface area contributed by atoms with Gasteiger partial charge in [-0.15, -0.1) is 5.73 Å². The molecule has 1 unspecified atom stereocenters. The van der Waals surface area contributed by atoms with Gasteiger partial charge in [-0.3, -0.25) is 9.59 Å². The molecule has 0 radical (unpaired) electrons. The standard InChI is InChI=1S/C25H21NO3/c1-16-8-10-18(11-9-16)23-14-20(12-13-21(23)17(2)25(28)29)26-15-19-6-4-3-5-7-22(19)24(26)27/h3-6,8-14,17H,15H2,1-2H3,(H,28,29). The molecule has 2 aliphatic rings. The van der Waals surface area contributed by atoms with Crippen LogP contribution in [-0.4, -0.2) is 23.5 Å². The number of benzene rings is 2. The van der Waals surface area contributed by atoms with Crippen molar-refractivity contribution in [2.45, 2.75) is 19.8 Å². The summed E-state index contributed by atoms with van der Waals surface area (Å²) in [7, 11) is 0. The van der Waals surface area contributed by atoms with E-state index in [0.29, 0.717) is 12.1 Å². The zero-order valence-electron chi connectivity index (χ0n) is 16.3. The van der Waals surface area contributed by atoms with Crippen molar-refractivity contribution in [1.82, 2.24) is 0 Å². The number of amides is 1. The smallest absolute Gasteiger partial charge is 0.310 e. The van der Waals surface area contributed by atoms with E-state index in [4.69, 9.17) is 0 Å². The third-order valence-electron chi connectivity index (χ3n) is 5.39. The number of nitrogens with zero attached hydrogens (tertiary/aromatic N) is 1. The Morgan fingerprint density at radius 3 is 2.62 bits per heavy atom. The lowest BCUT2D eigenvalue weighted by molar-refractivity contribution is -0.138. The summed E-state index contributed by atoms with van der Waals surface area (Å²) in [6.07, 6.45) is 7.44. The first kappa shape index (κ1) is 18.7. The number of fused-ring (bicyclic) bond motifs is 1. The van der Waals surface area contributed by atoms with Crippen LogP contribution < -0.4 is 4.90 Å². The molecule has 0 aromatic heterocycles. The summed E-state index contributed by atoms with van der Waals surface area (Å²) in [5, 5.41) is 9.55. The van der Waals surface area contributed by atoms with Gasteiger partial charge in [-0.1, -0.05) is 54.1 Å². The molecule has 0 saturated carbocycles. The molecule has 4 rings (SSSR count). The van der Waals surface area contributed by atoms with Crippen LogP contribution in [0.3, 0.4) is 0 Å². The Kier molecular flexibility index (Phi) is 4.79. The molecule has 1 atom stereocenters. The molecule has 0 spiro atoms.